The highest BCUT2D eigenvalue weighted by Crippen LogP contribution is 2.37. The second-order valence-corrected chi connectivity index (χ2v) is 5.89. The van der Waals surface area contributed by atoms with Crippen LogP contribution in [0.4, 0.5) is 23.2 Å². The van der Waals surface area contributed by atoms with Gasteiger partial charge in [-0.3, -0.25) is 4.79 Å². The van der Waals surface area contributed by atoms with Gasteiger partial charge in [-0.15, -0.1) is 0 Å². The number of benzene rings is 1. The van der Waals surface area contributed by atoms with Crippen LogP contribution in [0.5, 0.6) is 0 Å². The van der Waals surface area contributed by atoms with E-state index in [1.807, 2.05) is 0 Å². The molecule has 1 aromatic rings. The van der Waals surface area contributed by atoms with E-state index in [2.05, 4.69) is 0 Å². The van der Waals surface area contributed by atoms with Crippen LogP contribution in [0.15, 0.2) is 24.3 Å². The number of carbonyl (C=O) groups excluding carboxylic acids is 1. The minimum Gasteiger partial charge on any atom is -0.306 e. The molecule has 0 atom stereocenters. The summed E-state index contributed by atoms with van der Waals surface area (Å²) < 4.78 is 51.9. The van der Waals surface area contributed by atoms with Gasteiger partial charge >= 0.3 is 0 Å². The van der Waals surface area contributed by atoms with Crippen LogP contribution in [-0.2, 0) is 4.79 Å². The summed E-state index contributed by atoms with van der Waals surface area (Å²) in [5.74, 6) is -3.96. The third kappa shape index (κ3) is 4.35. The van der Waals surface area contributed by atoms with Crippen LogP contribution in [0.2, 0.25) is 5.02 Å². The predicted molar refractivity (Wildman–Crippen MR) is 76.7 cm³/mol. The lowest BCUT2D eigenvalue weighted by Crippen LogP contribution is -2.41. The highest BCUT2D eigenvalue weighted by atomic mass is 35.5. The molecule has 0 saturated heterocycles. The van der Waals surface area contributed by atoms with Crippen LogP contribution < -0.4 is 4.90 Å². The Hall–Kier alpha value is -1.30. The molecule has 2 nitrogen and oxygen atoms in total. The number of amides is 1. The lowest BCUT2D eigenvalue weighted by atomic mass is 9.85. The smallest absolute Gasteiger partial charge is 0.256 e. The minimum absolute atomic E-state index is 0.00609. The summed E-state index contributed by atoms with van der Waals surface area (Å²) in [5.41, 5.74) is 0.259. The number of alkyl halides is 4. The van der Waals surface area contributed by atoms with Gasteiger partial charge in [0.05, 0.1) is 6.54 Å². The predicted octanol–water partition coefficient (Wildman–Crippen LogP) is 4.76. The van der Waals surface area contributed by atoms with Crippen LogP contribution in [0.1, 0.15) is 25.7 Å². The van der Waals surface area contributed by atoms with Crippen molar-refractivity contribution >= 4 is 23.2 Å². The molecule has 1 aliphatic rings. The van der Waals surface area contributed by atoms with E-state index in [1.54, 1.807) is 12.1 Å². The van der Waals surface area contributed by atoms with Crippen molar-refractivity contribution in [2.24, 2.45) is 5.92 Å². The van der Waals surface area contributed by atoms with Crippen molar-refractivity contribution in [1.29, 1.82) is 0 Å². The first kappa shape index (κ1) is 17.1. The Morgan fingerprint density at radius 1 is 1.32 bits per heavy atom. The van der Waals surface area contributed by atoms with Gasteiger partial charge in [0.15, 0.2) is 0 Å². The van der Waals surface area contributed by atoms with E-state index < -0.39 is 30.7 Å². The molecule has 7 heteroatoms. The zero-order valence-corrected chi connectivity index (χ0v) is 12.5. The summed E-state index contributed by atoms with van der Waals surface area (Å²) in [6.45, 7) is -0.772. The van der Waals surface area contributed by atoms with Crippen molar-refractivity contribution in [1.82, 2.24) is 0 Å². The van der Waals surface area contributed by atoms with Crippen molar-refractivity contribution in [3.05, 3.63) is 29.3 Å². The molecule has 0 unspecified atom stereocenters. The first-order valence-corrected chi connectivity index (χ1v) is 7.39. The second-order valence-electron chi connectivity index (χ2n) is 5.45. The van der Waals surface area contributed by atoms with E-state index in [-0.39, 0.29) is 31.4 Å². The molecule has 2 rings (SSSR count). The van der Waals surface area contributed by atoms with E-state index in [1.165, 1.54) is 12.1 Å². The number of nitrogens with zero attached hydrogens (tertiary/aromatic N) is 1. The highest BCUT2D eigenvalue weighted by molar-refractivity contribution is 6.30. The monoisotopic (exact) mass is 337 g/mol. The normalized spacial score (nSPS) is 18.5. The molecule has 1 fully saturated rings. The fourth-order valence-corrected chi connectivity index (χ4v) is 2.80. The molecule has 1 aromatic carbocycles. The quantitative estimate of drug-likeness (QED) is 0.725. The number of anilines is 1. The maximum absolute atomic E-state index is 13.2. The van der Waals surface area contributed by atoms with Crippen molar-refractivity contribution in [3.63, 3.8) is 0 Å². The summed E-state index contributed by atoms with van der Waals surface area (Å²) in [4.78, 5) is 13.4. The molecule has 0 spiro atoms. The number of hydrogen-bond donors (Lipinski definition) is 0. The van der Waals surface area contributed by atoms with Crippen molar-refractivity contribution in [2.45, 2.75) is 38.0 Å². The number of rotatable bonds is 4. The zero-order valence-electron chi connectivity index (χ0n) is 11.7. The summed E-state index contributed by atoms with van der Waals surface area (Å²) in [7, 11) is 0. The Labute approximate surface area is 131 Å². The van der Waals surface area contributed by atoms with Crippen molar-refractivity contribution < 1.29 is 22.4 Å². The summed E-state index contributed by atoms with van der Waals surface area (Å²) in [6, 6.07) is 6.04. The molecule has 0 radical (unpaired) electrons. The largest absolute Gasteiger partial charge is 0.306 e. The van der Waals surface area contributed by atoms with Crippen molar-refractivity contribution in [2.75, 3.05) is 11.4 Å². The van der Waals surface area contributed by atoms with Crippen LogP contribution in [0.3, 0.4) is 0 Å². The summed E-state index contributed by atoms with van der Waals surface area (Å²) >= 11 is 5.83. The first-order valence-electron chi connectivity index (χ1n) is 7.01. The van der Waals surface area contributed by atoms with E-state index in [4.69, 9.17) is 11.6 Å². The van der Waals surface area contributed by atoms with Gasteiger partial charge in [0.1, 0.15) is 0 Å². The van der Waals surface area contributed by atoms with Gasteiger partial charge in [-0.2, -0.15) is 0 Å². The average Bonchev–Trinajstić information content (AvgIpc) is 2.44. The lowest BCUT2D eigenvalue weighted by Gasteiger charge is -2.32. The average molecular weight is 338 g/mol. The number of hydrogen-bond acceptors (Lipinski definition) is 1. The molecule has 0 heterocycles. The number of halogens is 5. The third-order valence-electron chi connectivity index (χ3n) is 3.77. The molecular weight excluding hydrogens is 322 g/mol. The Morgan fingerprint density at radius 3 is 2.50 bits per heavy atom. The van der Waals surface area contributed by atoms with Crippen LogP contribution in [0.25, 0.3) is 0 Å². The van der Waals surface area contributed by atoms with Crippen LogP contribution >= 0.6 is 11.6 Å². The van der Waals surface area contributed by atoms with E-state index in [0.717, 1.165) is 4.90 Å². The van der Waals surface area contributed by atoms with Gasteiger partial charge in [0.25, 0.3) is 6.43 Å². The van der Waals surface area contributed by atoms with Crippen LogP contribution in [0, 0.1) is 5.92 Å². The third-order valence-corrected chi connectivity index (χ3v) is 4.01. The highest BCUT2D eigenvalue weighted by Gasteiger charge is 2.39. The maximum Gasteiger partial charge on any atom is 0.256 e. The Kier molecular flexibility index (Phi) is 5.32. The molecule has 1 saturated carbocycles. The standard InChI is InChI=1S/C15H16ClF4NO/c16-11-2-1-3-12(8-11)21(9-13(17)18)14(22)10-4-6-15(19,20)7-5-10/h1-3,8,10,13H,4-7,9H2. The molecule has 22 heavy (non-hydrogen) atoms. The van der Waals surface area contributed by atoms with Gasteiger partial charge in [-0.05, 0) is 31.0 Å². The maximum atomic E-state index is 13.2. The van der Waals surface area contributed by atoms with Crippen molar-refractivity contribution in [3.8, 4) is 0 Å². The molecular formula is C15H16ClF4NO. The molecule has 1 aliphatic carbocycles. The summed E-state index contributed by atoms with van der Waals surface area (Å²) in [5, 5.41) is 0.319. The number of carbonyl (C=O) groups is 1. The Balaban J connectivity index is 2.17. The minimum atomic E-state index is -2.76. The topological polar surface area (TPSA) is 20.3 Å². The lowest BCUT2D eigenvalue weighted by molar-refractivity contribution is -0.127. The van der Waals surface area contributed by atoms with Gasteiger partial charge < -0.3 is 4.90 Å². The fraction of sp³-hybridized carbons (Fsp3) is 0.533. The molecule has 0 aromatic heterocycles. The Bertz CT molecular complexity index is 528. The van der Waals surface area contributed by atoms with Gasteiger partial charge in [-0.25, -0.2) is 17.6 Å². The van der Waals surface area contributed by atoms with Gasteiger partial charge in [-0.1, -0.05) is 17.7 Å². The van der Waals surface area contributed by atoms with Gasteiger partial charge in [0.2, 0.25) is 11.8 Å². The SMILES string of the molecule is O=C(C1CCC(F)(F)CC1)N(CC(F)F)c1cccc(Cl)c1. The van der Waals surface area contributed by atoms with E-state index in [9.17, 15) is 22.4 Å². The molecule has 0 N–H and O–H groups in total. The summed E-state index contributed by atoms with van der Waals surface area (Å²) in [6.07, 6.45) is -3.48. The second kappa shape index (κ2) is 6.86. The molecule has 0 aliphatic heterocycles. The van der Waals surface area contributed by atoms with E-state index in [0.29, 0.717) is 5.02 Å². The zero-order chi connectivity index (χ0) is 16.3. The molecule has 1 amide bonds. The van der Waals surface area contributed by atoms with Gasteiger partial charge in [0, 0.05) is 29.5 Å². The van der Waals surface area contributed by atoms with Crippen LogP contribution in [-0.4, -0.2) is 24.8 Å². The molecule has 0 bridgehead atoms. The van der Waals surface area contributed by atoms with E-state index >= 15 is 0 Å². The first-order chi connectivity index (χ1) is 10.3. The molecule has 122 valence electrons. The Morgan fingerprint density at radius 2 is 1.95 bits per heavy atom. The fourth-order valence-electron chi connectivity index (χ4n) is 2.61.